The standard InChI is InChI=1S/C18H18F4N2O3S/c1-27-17-12-15(5-6-16(17)19)28(25,26)24-9-7-23(8-10-24)14-4-2-3-13(11-14)18(20,21)22/h2-6,11-12H,7-10H2,1H3. The van der Waals surface area contributed by atoms with Crippen LogP contribution < -0.4 is 9.64 Å². The van der Waals surface area contributed by atoms with Crippen LogP contribution in [0.2, 0.25) is 0 Å². The number of hydrogen-bond donors (Lipinski definition) is 0. The summed E-state index contributed by atoms with van der Waals surface area (Å²) in [6, 6.07) is 8.22. The molecule has 2 aromatic rings. The van der Waals surface area contributed by atoms with Crippen molar-refractivity contribution in [2.75, 3.05) is 38.2 Å². The van der Waals surface area contributed by atoms with Crippen molar-refractivity contribution in [1.29, 1.82) is 0 Å². The Morgan fingerprint density at radius 3 is 2.29 bits per heavy atom. The van der Waals surface area contributed by atoms with Crippen molar-refractivity contribution < 1.29 is 30.7 Å². The largest absolute Gasteiger partial charge is 0.494 e. The summed E-state index contributed by atoms with van der Waals surface area (Å²) in [5.41, 5.74) is -0.367. The molecule has 152 valence electrons. The quantitative estimate of drug-likeness (QED) is 0.715. The van der Waals surface area contributed by atoms with Gasteiger partial charge in [0.05, 0.1) is 17.6 Å². The lowest BCUT2D eigenvalue weighted by atomic mass is 10.1. The van der Waals surface area contributed by atoms with E-state index in [4.69, 9.17) is 4.74 Å². The summed E-state index contributed by atoms with van der Waals surface area (Å²) >= 11 is 0. The zero-order chi connectivity index (χ0) is 20.5. The van der Waals surface area contributed by atoms with Crippen molar-refractivity contribution in [2.45, 2.75) is 11.1 Å². The summed E-state index contributed by atoms with van der Waals surface area (Å²) in [6.45, 7) is 0.661. The Hall–Kier alpha value is -2.33. The molecule has 0 aliphatic carbocycles. The predicted octanol–water partition coefficient (Wildman–Crippen LogP) is 3.36. The van der Waals surface area contributed by atoms with Crippen molar-refractivity contribution in [2.24, 2.45) is 0 Å². The molecule has 2 aromatic carbocycles. The second kappa shape index (κ2) is 7.59. The van der Waals surface area contributed by atoms with Crippen molar-refractivity contribution in [1.82, 2.24) is 4.31 Å². The van der Waals surface area contributed by atoms with E-state index in [1.54, 1.807) is 11.0 Å². The lowest BCUT2D eigenvalue weighted by Crippen LogP contribution is -2.48. The molecule has 0 N–H and O–H groups in total. The first-order valence-corrected chi connectivity index (χ1v) is 9.83. The van der Waals surface area contributed by atoms with Crippen molar-refractivity contribution in [3.63, 3.8) is 0 Å². The first-order chi connectivity index (χ1) is 13.1. The fourth-order valence-corrected chi connectivity index (χ4v) is 4.45. The molecule has 0 spiro atoms. The topological polar surface area (TPSA) is 49.9 Å². The van der Waals surface area contributed by atoms with Crippen LogP contribution in [0.15, 0.2) is 47.4 Å². The smallest absolute Gasteiger partial charge is 0.416 e. The van der Waals surface area contributed by atoms with Crippen LogP contribution in [0.4, 0.5) is 23.2 Å². The van der Waals surface area contributed by atoms with Gasteiger partial charge in [-0.25, -0.2) is 12.8 Å². The van der Waals surface area contributed by atoms with Gasteiger partial charge in [0, 0.05) is 37.9 Å². The number of piperazine rings is 1. The van der Waals surface area contributed by atoms with Gasteiger partial charge < -0.3 is 9.64 Å². The van der Waals surface area contributed by atoms with Gasteiger partial charge in [-0.1, -0.05) is 6.07 Å². The van der Waals surface area contributed by atoms with Gasteiger partial charge in [0.2, 0.25) is 10.0 Å². The average molecular weight is 418 g/mol. The second-order valence-corrected chi connectivity index (χ2v) is 8.17. The van der Waals surface area contributed by atoms with E-state index in [1.165, 1.54) is 17.5 Å². The summed E-state index contributed by atoms with van der Waals surface area (Å²) in [7, 11) is -2.63. The molecule has 0 unspecified atom stereocenters. The zero-order valence-corrected chi connectivity index (χ0v) is 15.7. The van der Waals surface area contributed by atoms with E-state index in [0.717, 1.165) is 30.3 Å². The molecule has 1 saturated heterocycles. The SMILES string of the molecule is COc1cc(S(=O)(=O)N2CCN(c3cccc(C(F)(F)F)c3)CC2)ccc1F. The van der Waals surface area contributed by atoms with Gasteiger partial charge >= 0.3 is 6.18 Å². The van der Waals surface area contributed by atoms with Gasteiger partial charge in [-0.05, 0) is 30.3 Å². The molecule has 0 atom stereocenters. The normalized spacial score (nSPS) is 16.2. The van der Waals surface area contributed by atoms with E-state index < -0.39 is 27.6 Å². The molecular weight excluding hydrogens is 400 g/mol. The van der Waals surface area contributed by atoms with Gasteiger partial charge in [-0.15, -0.1) is 0 Å². The number of nitrogens with zero attached hydrogens (tertiary/aromatic N) is 2. The molecule has 1 heterocycles. The molecule has 1 fully saturated rings. The van der Waals surface area contributed by atoms with Gasteiger partial charge in [0.25, 0.3) is 0 Å². The molecule has 0 aromatic heterocycles. The number of ether oxygens (including phenoxy) is 1. The molecule has 0 saturated carbocycles. The number of methoxy groups -OCH3 is 1. The highest BCUT2D eigenvalue weighted by Gasteiger charge is 2.32. The highest BCUT2D eigenvalue weighted by atomic mass is 32.2. The van der Waals surface area contributed by atoms with Gasteiger partial charge in [-0.2, -0.15) is 17.5 Å². The first-order valence-electron chi connectivity index (χ1n) is 8.39. The van der Waals surface area contributed by atoms with Crippen LogP contribution in [0.1, 0.15) is 5.56 Å². The minimum absolute atomic E-state index is 0.0955. The van der Waals surface area contributed by atoms with E-state index in [9.17, 15) is 26.0 Å². The second-order valence-electron chi connectivity index (χ2n) is 6.24. The number of alkyl halides is 3. The minimum Gasteiger partial charge on any atom is -0.494 e. The first kappa shape index (κ1) is 20.4. The van der Waals surface area contributed by atoms with E-state index in [1.807, 2.05) is 0 Å². The molecule has 0 bridgehead atoms. The maximum atomic E-state index is 13.5. The van der Waals surface area contributed by atoms with Crippen LogP contribution in [-0.4, -0.2) is 46.0 Å². The van der Waals surface area contributed by atoms with Crippen LogP contribution in [0.5, 0.6) is 5.75 Å². The maximum absolute atomic E-state index is 13.5. The molecule has 10 heteroatoms. The third-order valence-corrected chi connectivity index (χ3v) is 6.43. The molecule has 0 radical (unpaired) electrons. The fourth-order valence-electron chi connectivity index (χ4n) is 3.02. The Kier molecular flexibility index (Phi) is 5.53. The van der Waals surface area contributed by atoms with E-state index in [2.05, 4.69) is 0 Å². The van der Waals surface area contributed by atoms with Gasteiger partial charge in [0.1, 0.15) is 0 Å². The minimum atomic E-state index is -4.44. The summed E-state index contributed by atoms with van der Waals surface area (Å²) in [4.78, 5) is 1.60. The van der Waals surface area contributed by atoms with Gasteiger partial charge in [-0.3, -0.25) is 0 Å². The Morgan fingerprint density at radius 2 is 1.68 bits per heavy atom. The zero-order valence-electron chi connectivity index (χ0n) is 14.9. The summed E-state index contributed by atoms with van der Waals surface area (Å²) in [5, 5.41) is 0. The van der Waals surface area contributed by atoms with Gasteiger partial charge in [0.15, 0.2) is 11.6 Å². The number of anilines is 1. The number of sulfonamides is 1. The molecule has 28 heavy (non-hydrogen) atoms. The highest BCUT2D eigenvalue weighted by Crippen LogP contribution is 2.32. The third-order valence-electron chi connectivity index (χ3n) is 4.54. The maximum Gasteiger partial charge on any atom is 0.416 e. The highest BCUT2D eigenvalue weighted by molar-refractivity contribution is 7.89. The monoisotopic (exact) mass is 418 g/mol. The Bertz CT molecular complexity index is 956. The number of rotatable bonds is 4. The number of hydrogen-bond acceptors (Lipinski definition) is 4. The van der Waals surface area contributed by atoms with Crippen LogP contribution in [0.25, 0.3) is 0 Å². The molecule has 1 aliphatic rings. The Morgan fingerprint density at radius 1 is 1.00 bits per heavy atom. The molecule has 5 nitrogen and oxygen atoms in total. The van der Waals surface area contributed by atoms with E-state index >= 15 is 0 Å². The lowest BCUT2D eigenvalue weighted by Gasteiger charge is -2.35. The van der Waals surface area contributed by atoms with Crippen molar-refractivity contribution in [3.8, 4) is 5.75 Å². The van der Waals surface area contributed by atoms with Crippen molar-refractivity contribution >= 4 is 15.7 Å². The van der Waals surface area contributed by atoms with E-state index in [0.29, 0.717) is 5.69 Å². The molecule has 3 rings (SSSR count). The Balaban J connectivity index is 1.75. The van der Waals surface area contributed by atoms with Crippen LogP contribution >= 0.6 is 0 Å². The lowest BCUT2D eigenvalue weighted by molar-refractivity contribution is -0.137. The summed E-state index contributed by atoms with van der Waals surface area (Å²) in [5.74, 6) is -0.848. The number of halogens is 4. The number of benzene rings is 2. The molecular formula is C18H18F4N2O3S. The fraction of sp³-hybridized carbons (Fsp3) is 0.333. The predicted molar refractivity (Wildman–Crippen MR) is 95.4 cm³/mol. The van der Waals surface area contributed by atoms with E-state index in [-0.39, 0.29) is 36.8 Å². The average Bonchev–Trinajstić information content (AvgIpc) is 2.68. The third kappa shape index (κ3) is 4.07. The summed E-state index contributed by atoms with van der Waals surface area (Å²) in [6.07, 6.45) is -4.44. The van der Waals surface area contributed by atoms with Crippen LogP contribution in [0.3, 0.4) is 0 Å². The summed E-state index contributed by atoms with van der Waals surface area (Å²) < 4.78 is 83.8. The van der Waals surface area contributed by atoms with Crippen LogP contribution in [-0.2, 0) is 16.2 Å². The van der Waals surface area contributed by atoms with Crippen molar-refractivity contribution in [3.05, 3.63) is 53.8 Å². The molecule has 1 aliphatic heterocycles. The molecule has 0 amide bonds. The Labute approximate surface area is 160 Å². The van der Waals surface area contributed by atoms with Crippen LogP contribution in [0, 0.1) is 5.82 Å².